The lowest BCUT2D eigenvalue weighted by Crippen LogP contribution is -2.34. The van der Waals surface area contributed by atoms with Crippen LogP contribution in [-0.2, 0) is 9.53 Å². The molecule has 0 spiro atoms. The molecular formula is C13H12FN3O3. The Hall–Kier alpha value is -2.88. The summed E-state index contributed by atoms with van der Waals surface area (Å²) in [7, 11) is 0. The molecule has 0 aliphatic rings. The maximum atomic E-state index is 13.3. The Bertz CT molecular complexity index is 578. The second-order valence-electron chi connectivity index (χ2n) is 3.47. The summed E-state index contributed by atoms with van der Waals surface area (Å²) < 4.78 is 17.9. The highest BCUT2D eigenvalue weighted by molar-refractivity contribution is 5.94. The number of ether oxygens (including phenoxy) is 1. The van der Waals surface area contributed by atoms with Gasteiger partial charge in [0.15, 0.2) is 5.57 Å². The Labute approximate surface area is 114 Å². The monoisotopic (exact) mass is 277 g/mol. The lowest BCUT2D eigenvalue weighted by atomic mass is 10.2. The van der Waals surface area contributed by atoms with Crippen LogP contribution in [0.4, 0.5) is 4.39 Å². The Morgan fingerprint density at radius 3 is 2.75 bits per heavy atom. The van der Waals surface area contributed by atoms with Gasteiger partial charge in [0.2, 0.25) is 0 Å². The van der Waals surface area contributed by atoms with Crippen LogP contribution in [0.1, 0.15) is 17.3 Å². The number of hydrazine groups is 1. The van der Waals surface area contributed by atoms with E-state index in [9.17, 15) is 14.0 Å². The van der Waals surface area contributed by atoms with Crippen molar-refractivity contribution in [3.05, 3.63) is 47.4 Å². The van der Waals surface area contributed by atoms with Crippen molar-refractivity contribution in [2.75, 3.05) is 6.61 Å². The van der Waals surface area contributed by atoms with E-state index < -0.39 is 17.7 Å². The second kappa shape index (κ2) is 7.53. The van der Waals surface area contributed by atoms with E-state index in [0.29, 0.717) is 0 Å². The summed E-state index contributed by atoms with van der Waals surface area (Å²) in [6.45, 7) is 1.72. The molecule has 0 bridgehead atoms. The molecule has 0 fully saturated rings. The van der Waals surface area contributed by atoms with Gasteiger partial charge >= 0.3 is 5.97 Å². The van der Waals surface area contributed by atoms with Crippen LogP contribution < -0.4 is 10.9 Å². The first-order valence-electron chi connectivity index (χ1n) is 5.68. The summed E-state index contributed by atoms with van der Waals surface area (Å²) >= 11 is 0. The quantitative estimate of drug-likeness (QED) is 0.363. The molecule has 6 nitrogen and oxygen atoms in total. The van der Waals surface area contributed by atoms with Gasteiger partial charge in [0, 0.05) is 6.20 Å². The summed E-state index contributed by atoms with van der Waals surface area (Å²) in [5.41, 5.74) is 3.90. The topological polar surface area (TPSA) is 91.2 Å². The highest BCUT2D eigenvalue weighted by atomic mass is 19.1. The molecule has 0 saturated heterocycles. The second-order valence-corrected chi connectivity index (χ2v) is 3.47. The van der Waals surface area contributed by atoms with Crippen molar-refractivity contribution in [1.82, 2.24) is 10.9 Å². The van der Waals surface area contributed by atoms with E-state index in [1.807, 2.05) is 0 Å². The van der Waals surface area contributed by atoms with Crippen LogP contribution in [-0.4, -0.2) is 18.5 Å². The van der Waals surface area contributed by atoms with E-state index >= 15 is 0 Å². The zero-order valence-corrected chi connectivity index (χ0v) is 10.6. The minimum Gasteiger partial charge on any atom is -0.462 e. The van der Waals surface area contributed by atoms with Gasteiger partial charge < -0.3 is 10.2 Å². The molecule has 0 aromatic heterocycles. The number of nitrogens with zero attached hydrogens (tertiary/aromatic N) is 1. The third kappa shape index (κ3) is 4.10. The van der Waals surface area contributed by atoms with Crippen molar-refractivity contribution in [3.63, 3.8) is 0 Å². The molecule has 0 heterocycles. The smallest absolute Gasteiger partial charge is 0.350 e. The minimum absolute atomic E-state index is 0.124. The fourth-order valence-corrected chi connectivity index (χ4v) is 1.23. The predicted molar refractivity (Wildman–Crippen MR) is 67.3 cm³/mol. The average Bonchev–Trinajstić information content (AvgIpc) is 2.44. The molecule has 1 aromatic rings. The van der Waals surface area contributed by atoms with E-state index in [-0.39, 0.29) is 17.7 Å². The van der Waals surface area contributed by atoms with Crippen molar-refractivity contribution in [2.24, 2.45) is 0 Å². The zero-order valence-electron chi connectivity index (χ0n) is 10.6. The van der Waals surface area contributed by atoms with E-state index in [4.69, 9.17) is 5.26 Å². The van der Waals surface area contributed by atoms with Crippen LogP contribution in [0.25, 0.3) is 0 Å². The summed E-state index contributed by atoms with van der Waals surface area (Å²) in [6, 6.07) is 7.01. The number of nitrogens with one attached hydrogen (secondary N) is 2. The molecule has 0 radical (unpaired) electrons. The van der Waals surface area contributed by atoms with Gasteiger partial charge in [0.05, 0.1) is 12.2 Å². The largest absolute Gasteiger partial charge is 0.462 e. The zero-order chi connectivity index (χ0) is 15.0. The molecule has 0 unspecified atom stereocenters. The molecule has 104 valence electrons. The standard InChI is InChI=1S/C13H12FN3O3/c1-2-20-13(19)9(7-15)8-16-17-12(18)10-5-3-4-6-11(10)14/h3-6,8,16H,2H2,1H3,(H,17,18)/b9-8+. The first-order chi connectivity index (χ1) is 9.60. The van der Waals surface area contributed by atoms with Crippen LogP contribution in [0.5, 0.6) is 0 Å². The van der Waals surface area contributed by atoms with Crippen molar-refractivity contribution >= 4 is 11.9 Å². The molecule has 2 N–H and O–H groups in total. The third-order valence-corrected chi connectivity index (χ3v) is 2.14. The molecule has 0 aliphatic heterocycles. The van der Waals surface area contributed by atoms with Gasteiger partial charge in [-0.3, -0.25) is 10.2 Å². The maximum absolute atomic E-state index is 13.3. The normalized spacial score (nSPS) is 10.3. The van der Waals surface area contributed by atoms with Crippen molar-refractivity contribution in [2.45, 2.75) is 6.92 Å². The Balaban J connectivity index is 2.64. The lowest BCUT2D eigenvalue weighted by molar-refractivity contribution is -0.138. The van der Waals surface area contributed by atoms with E-state index in [2.05, 4.69) is 15.6 Å². The van der Waals surface area contributed by atoms with E-state index in [1.165, 1.54) is 18.2 Å². The number of hydrogen-bond donors (Lipinski definition) is 2. The van der Waals surface area contributed by atoms with Crippen LogP contribution in [0.2, 0.25) is 0 Å². The highest BCUT2D eigenvalue weighted by Gasteiger charge is 2.11. The molecule has 1 rings (SSSR count). The average molecular weight is 277 g/mol. The molecule has 0 aliphatic carbocycles. The number of rotatable bonds is 5. The number of benzene rings is 1. The number of amides is 1. The fourth-order valence-electron chi connectivity index (χ4n) is 1.23. The van der Waals surface area contributed by atoms with Crippen LogP contribution in [0.3, 0.4) is 0 Å². The van der Waals surface area contributed by atoms with Gasteiger partial charge in [-0.2, -0.15) is 5.26 Å². The van der Waals surface area contributed by atoms with Crippen molar-refractivity contribution in [1.29, 1.82) is 5.26 Å². The molecule has 1 amide bonds. The van der Waals surface area contributed by atoms with Gasteiger partial charge in [-0.25, -0.2) is 9.18 Å². The van der Waals surface area contributed by atoms with Crippen LogP contribution in [0.15, 0.2) is 36.0 Å². The lowest BCUT2D eigenvalue weighted by Gasteiger charge is -2.06. The predicted octanol–water partition coefficient (Wildman–Crippen LogP) is 1.03. The molecular weight excluding hydrogens is 265 g/mol. The number of esters is 1. The minimum atomic E-state index is -0.817. The van der Waals surface area contributed by atoms with Crippen molar-refractivity contribution in [3.8, 4) is 6.07 Å². The third-order valence-electron chi connectivity index (χ3n) is 2.14. The Morgan fingerprint density at radius 1 is 1.45 bits per heavy atom. The van der Waals surface area contributed by atoms with Gasteiger partial charge in [-0.15, -0.1) is 0 Å². The summed E-state index contributed by atoms with van der Waals surface area (Å²) in [5.74, 6) is -2.23. The van der Waals surface area contributed by atoms with E-state index in [1.54, 1.807) is 13.0 Å². The molecule has 0 saturated carbocycles. The SMILES string of the molecule is CCOC(=O)/C(C#N)=C/NNC(=O)c1ccccc1F. The first-order valence-corrected chi connectivity index (χ1v) is 5.68. The summed E-state index contributed by atoms with van der Waals surface area (Å²) in [5, 5.41) is 8.72. The number of halogens is 1. The summed E-state index contributed by atoms with van der Waals surface area (Å²) in [4.78, 5) is 22.8. The van der Waals surface area contributed by atoms with Crippen LogP contribution in [0, 0.1) is 17.1 Å². The number of carbonyl (C=O) groups excluding carboxylic acids is 2. The van der Waals surface area contributed by atoms with Gasteiger partial charge in [-0.05, 0) is 19.1 Å². The molecule has 0 atom stereocenters. The molecule has 7 heteroatoms. The molecule has 1 aromatic carbocycles. The molecule has 20 heavy (non-hydrogen) atoms. The highest BCUT2D eigenvalue weighted by Crippen LogP contribution is 2.05. The van der Waals surface area contributed by atoms with E-state index in [0.717, 1.165) is 12.3 Å². The summed E-state index contributed by atoms with van der Waals surface area (Å²) in [6.07, 6.45) is 0.969. The fraction of sp³-hybridized carbons (Fsp3) is 0.154. The van der Waals surface area contributed by atoms with Gasteiger partial charge in [0.25, 0.3) is 5.91 Å². The maximum Gasteiger partial charge on any atom is 0.350 e. The Morgan fingerprint density at radius 2 is 2.15 bits per heavy atom. The number of carbonyl (C=O) groups is 2. The van der Waals surface area contributed by atoms with Crippen molar-refractivity contribution < 1.29 is 18.7 Å². The Kier molecular flexibility index (Phi) is 5.72. The van der Waals surface area contributed by atoms with Gasteiger partial charge in [-0.1, -0.05) is 12.1 Å². The van der Waals surface area contributed by atoms with Crippen LogP contribution >= 0.6 is 0 Å². The number of hydrogen-bond acceptors (Lipinski definition) is 5. The number of nitriles is 1. The van der Waals surface area contributed by atoms with Gasteiger partial charge in [0.1, 0.15) is 11.9 Å². The first kappa shape index (κ1) is 15.2.